The monoisotopic (exact) mass is 443 g/mol. The first-order valence-electron chi connectivity index (χ1n) is 8.95. The van der Waals surface area contributed by atoms with E-state index in [1.165, 1.54) is 37.3 Å². The minimum Gasteiger partial charge on any atom is -0.451 e. The third kappa shape index (κ3) is 5.06. The molecule has 0 aromatic heterocycles. The number of sulfonamides is 1. The molecule has 0 aliphatic rings. The van der Waals surface area contributed by atoms with E-state index in [0.717, 1.165) is 0 Å². The van der Waals surface area contributed by atoms with Crippen molar-refractivity contribution >= 4 is 39.1 Å². The van der Waals surface area contributed by atoms with Gasteiger partial charge in [-0.1, -0.05) is 60.1 Å². The third-order valence-corrected chi connectivity index (χ3v) is 5.90. The first-order valence-corrected chi connectivity index (χ1v) is 10.8. The predicted octanol–water partition coefficient (Wildman–Crippen LogP) is 4.57. The second-order valence-corrected chi connectivity index (χ2v) is 8.48. The van der Waals surface area contributed by atoms with Gasteiger partial charge in [0.25, 0.3) is 10.0 Å². The summed E-state index contributed by atoms with van der Waals surface area (Å²) in [5.41, 5.74) is 0.636. The number of carbonyl (C=O) groups excluding carboxylic acids is 2. The van der Waals surface area contributed by atoms with Gasteiger partial charge >= 0.3 is 5.97 Å². The number of hydrogen-bond acceptors (Lipinski definition) is 5. The van der Waals surface area contributed by atoms with Crippen LogP contribution < -0.4 is 4.72 Å². The number of anilines is 1. The summed E-state index contributed by atoms with van der Waals surface area (Å²) in [5.74, 6) is -1.16. The van der Waals surface area contributed by atoms with Crippen molar-refractivity contribution < 1.29 is 22.7 Å². The lowest BCUT2D eigenvalue weighted by Gasteiger charge is -2.13. The summed E-state index contributed by atoms with van der Waals surface area (Å²) in [6.07, 6.45) is -1.03. The summed E-state index contributed by atoms with van der Waals surface area (Å²) >= 11 is 6.00. The highest BCUT2D eigenvalue weighted by Gasteiger charge is 2.22. The maximum Gasteiger partial charge on any atom is 0.338 e. The van der Waals surface area contributed by atoms with Crippen molar-refractivity contribution in [2.45, 2.75) is 17.9 Å². The Kier molecular flexibility index (Phi) is 6.54. The van der Waals surface area contributed by atoms with Crippen molar-refractivity contribution in [2.24, 2.45) is 0 Å². The van der Waals surface area contributed by atoms with Crippen LogP contribution in [0.15, 0.2) is 83.8 Å². The number of esters is 1. The number of carbonyl (C=O) groups is 2. The molecule has 1 N–H and O–H groups in total. The van der Waals surface area contributed by atoms with Crippen LogP contribution in [0, 0.1) is 0 Å². The number of nitrogens with one attached hydrogen (secondary N) is 1. The molecule has 30 heavy (non-hydrogen) atoms. The Morgan fingerprint density at radius 2 is 1.53 bits per heavy atom. The first-order chi connectivity index (χ1) is 14.3. The third-order valence-electron chi connectivity index (χ3n) is 4.21. The Morgan fingerprint density at radius 1 is 0.900 bits per heavy atom. The van der Waals surface area contributed by atoms with Crippen molar-refractivity contribution in [3.63, 3.8) is 0 Å². The zero-order chi connectivity index (χ0) is 21.7. The van der Waals surface area contributed by atoms with Crippen LogP contribution in [-0.4, -0.2) is 26.3 Å². The van der Waals surface area contributed by atoms with Gasteiger partial charge in [0.1, 0.15) is 0 Å². The fraction of sp³-hybridized carbons (Fsp3) is 0.0909. The van der Waals surface area contributed by atoms with Crippen LogP contribution in [-0.2, 0) is 14.8 Å². The Bertz CT molecular complexity index is 1180. The van der Waals surface area contributed by atoms with E-state index in [-0.39, 0.29) is 27.0 Å². The molecule has 3 aromatic carbocycles. The SMILES string of the molecule is CC(OC(=O)c1cccc(S(=O)(=O)Nc2ccccc2Cl)c1)C(=O)c1ccccc1. The number of ether oxygens (including phenoxy) is 1. The molecule has 3 aromatic rings. The quantitative estimate of drug-likeness (QED) is 0.426. The average molecular weight is 444 g/mol. The molecule has 6 nitrogen and oxygen atoms in total. The van der Waals surface area contributed by atoms with Crippen LogP contribution >= 0.6 is 11.6 Å². The first kappa shape index (κ1) is 21.5. The van der Waals surface area contributed by atoms with Gasteiger partial charge in [-0.05, 0) is 37.3 Å². The highest BCUT2D eigenvalue weighted by molar-refractivity contribution is 7.92. The van der Waals surface area contributed by atoms with Crippen molar-refractivity contribution in [3.8, 4) is 0 Å². The maximum absolute atomic E-state index is 12.7. The molecule has 0 aliphatic carbocycles. The molecule has 154 valence electrons. The van der Waals surface area contributed by atoms with Crippen LogP contribution in [0.25, 0.3) is 0 Å². The van der Waals surface area contributed by atoms with Gasteiger partial charge in [-0.25, -0.2) is 13.2 Å². The van der Waals surface area contributed by atoms with Gasteiger partial charge in [-0.3, -0.25) is 9.52 Å². The normalized spacial score (nSPS) is 12.1. The molecule has 0 fully saturated rings. The van der Waals surface area contributed by atoms with Gasteiger partial charge in [-0.2, -0.15) is 0 Å². The van der Waals surface area contributed by atoms with Gasteiger partial charge in [0.15, 0.2) is 6.10 Å². The summed E-state index contributed by atoms with van der Waals surface area (Å²) in [5, 5.41) is 0.241. The van der Waals surface area contributed by atoms with Gasteiger partial charge in [0.05, 0.1) is 21.2 Å². The van der Waals surface area contributed by atoms with Gasteiger partial charge in [0.2, 0.25) is 5.78 Å². The lowest BCUT2D eigenvalue weighted by atomic mass is 10.1. The van der Waals surface area contributed by atoms with Crippen LogP contribution in [0.3, 0.4) is 0 Å². The molecule has 0 spiro atoms. The highest BCUT2D eigenvalue weighted by atomic mass is 35.5. The molecule has 0 saturated heterocycles. The molecular weight excluding hydrogens is 426 g/mol. The Labute approximate surface area is 179 Å². The van der Waals surface area contributed by atoms with E-state index in [2.05, 4.69) is 4.72 Å². The number of halogens is 1. The molecule has 0 amide bonds. The number of hydrogen-bond donors (Lipinski definition) is 1. The Morgan fingerprint density at radius 3 is 2.23 bits per heavy atom. The van der Waals surface area contributed by atoms with E-state index in [0.29, 0.717) is 5.56 Å². The number of Topliss-reactive ketones (excluding diaryl/α,β-unsaturated/α-hetero) is 1. The summed E-state index contributed by atoms with van der Waals surface area (Å²) in [7, 11) is -3.99. The number of benzene rings is 3. The van der Waals surface area contributed by atoms with Crippen molar-refractivity contribution in [2.75, 3.05) is 4.72 Å². The molecule has 0 heterocycles. The fourth-order valence-corrected chi connectivity index (χ4v) is 4.02. The van der Waals surface area contributed by atoms with Crippen molar-refractivity contribution in [1.82, 2.24) is 0 Å². The Hall–Kier alpha value is -3.16. The van der Waals surface area contributed by atoms with E-state index < -0.39 is 22.1 Å². The summed E-state index contributed by atoms with van der Waals surface area (Å²) in [4.78, 5) is 24.7. The number of ketones is 1. The summed E-state index contributed by atoms with van der Waals surface area (Å²) < 4.78 is 33.0. The Balaban J connectivity index is 1.76. The maximum atomic E-state index is 12.7. The van der Waals surface area contributed by atoms with Gasteiger partial charge in [-0.15, -0.1) is 0 Å². The van der Waals surface area contributed by atoms with E-state index >= 15 is 0 Å². The van der Waals surface area contributed by atoms with E-state index in [1.807, 2.05) is 0 Å². The second kappa shape index (κ2) is 9.11. The molecule has 8 heteroatoms. The van der Waals surface area contributed by atoms with Crippen LogP contribution in [0.1, 0.15) is 27.6 Å². The standard InChI is InChI=1S/C22H18ClNO5S/c1-15(21(25)16-8-3-2-4-9-16)29-22(26)17-10-7-11-18(14-17)30(27,28)24-20-13-6-5-12-19(20)23/h2-15,24H,1H3. The topological polar surface area (TPSA) is 89.5 Å². The highest BCUT2D eigenvalue weighted by Crippen LogP contribution is 2.24. The zero-order valence-electron chi connectivity index (χ0n) is 15.9. The van der Waals surface area contributed by atoms with E-state index in [1.54, 1.807) is 48.5 Å². The molecule has 3 rings (SSSR count). The predicted molar refractivity (Wildman–Crippen MR) is 114 cm³/mol. The molecule has 1 unspecified atom stereocenters. The average Bonchev–Trinajstić information content (AvgIpc) is 2.75. The van der Waals surface area contributed by atoms with Crippen molar-refractivity contribution in [1.29, 1.82) is 0 Å². The second-order valence-electron chi connectivity index (χ2n) is 6.39. The minimum atomic E-state index is -3.99. The largest absolute Gasteiger partial charge is 0.451 e. The molecule has 0 aliphatic heterocycles. The van der Waals surface area contributed by atoms with E-state index in [9.17, 15) is 18.0 Å². The lowest BCUT2D eigenvalue weighted by molar-refractivity contribution is 0.0318. The molecule has 0 bridgehead atoms. The minimum absolute atomic E-state index is 0.00439. The molecule has 0 radical (unpaired) electrons. The van der Waals surface area contributed by atoms with Gasteiger partial charge < -0.3 is 4.74 Å². The smallest absolute Gasteiger partial charge is 0.338 e. The zero-order valence-corrected chi connectivity index (χ0v) is 17.5. The lowest BCUT2D eigenvalue weighted by Crippen LogP contribution is -2.24. The fourth-order valence-electron chi connectivity index (χ4n) is 2.66. The van der Waals surface area contributed by atoms with Crippen LogP contribution in [0.4, 0.5) is 5.69 Å². The number of para-hydroxylation sites is 1. The number of rotatable bonds is 7. The summed E-state index contributed by atoms with van der Waals surface area (Å²) in [6, 6.07) is 20.2. The molecule has 1 atom stereocenters. The molecule has 0 saturated carbocycles. The van der Waals surface area contributed by atoms with Crippen LogP contribution in [0.5, 0.6) is 0 Å². The summed E-state index contributed by atoms with van der Waals surface area (Å²) in [6.45, 7) is 1.47. The molecular formula is C22H18ClNO5S. The van der Waals surface area contributed by atoms with Crippen molar-refractivity contribution in [3.05, 3.63) is 95.0 Å². The van der Waals surface area contributed by atoms with Gasteiger partial charge in [0, 0.05) is 5.56 Å². The van der Waals surface area contributed by atoms with E-state index in [4.69, 9.17) is 16.3 Å². The van der Waals surface area contributed by atoms with Crippen LogP contribution in [0.2, 0.25) is 5.02 Å².